The van der Waals surface area contributed by atoms with E-state index in [1.54, 1.807) is 23.1 Å². The summed E-state index contributed by atoms with van der Waals surface area (Å²) in [7, 11) is 0. The Morgan fingerprint density at radius 3 is 2.71 bits per heavy atom. The topological polar surface area (TPSA) is 76.8 Å². The number of hydrogen-bond acceptors (Lipinski definition) is 5. The van der Waals surface area contributed by atoms with Gasteiger partial charge in [0.05, 0.1) is 5.39 Å². The molecule has 6 nitrogen and oxygen atoms in total. The molecule has 0 unspecified atom stereocenters. The minimum absolute atomic E-state index is 0.210. The lowest BCUT2D eigenvalue weighted by Crippen LogP contribution is -2.38. The normalized spacial score (nSPS) is 13.2. The van der Waals surface area contributed by atoms with Gasteiger partial charge in [0, 0.05) is 19.2 Å². The summed E-state index contributed by atoms with van der Waals surface area (Å²) < 4.78 is 10.6. The van der Waals surface area contributed by atoms with Crippen molar-refractivity contribution in [2.45, 2.75) is 19.9 Å². The van der Waals surface area contributed by atoms with Gasteiger partial charge in [-0.05, 0) is 36.6 Å². The zero-order chi connectivity index (χ0) is 19.7. The molecule has 0 fully saturated rings. The van der Waals surface area contributed by atoms with Crippen LogP contribution in [0.2, 0.25) is 0 Å². The highest BCUT2D eigenvalue weighted by Gasteiger charge is 2.22. The van der Waals surface area contributed by atoms with Gasteiger partial charge in [0.1, 0.15) is 5.58 Å². The molecule has 0 aliphatic carbocycles. The number of hydrogen-bond donors (Lipinski definition) is 0. The number of rotatable bonds is 3. The molecule has 0 atom stereocenters. The van der Waals surface area contributed by atoms with Gasteiger partial charge in [0.25, 0.3) is 5.91 Å². The van der Waals surface area contributed by atoms with Crippen molar-refractivity contribution in [3.05, 3.63) is 81.2 Å². The summed E-state index contributed by atoms with van der Waals surface area (Å²) in [6.45, 7) is 2.55. The Morgan fingerprint density at radius 1 is 1.11 bits per heavy atom. The molecule has 1 aliphatic heterocycles. The highest BCUT2D eigenvalue weighted by Crippen LogP contribution is 2.19. The second-order valence-corrected chi connectivity index (χ2v) is 6.88. The molecule has 1 aromatic heterocycles. The molecule has 2 aromatic carbocycles. The average Bonchev–Trinajstić information content (AvgIpc) is 2.71. The summed E-state index contributed by atoms with van der Waals surface area (Å²) in [6, 6.07) is 14.2. The standard InChI is InChI=1S/C22H19NO5/c1-14-6-7-19-17(10-14)18(24)11-20(28-19)22(26)27-13-21(25)23-9-8-15-4-2-3-5-16(15)12-23/h2-7,10-11H,8-9,12-13H2,1H3. The van der Waals surface area contributed by atoms with E-state index in [0.29, 0.717) is 24.1 Å². The summed E-state index contributed by atoms with van der Waals surface area (Å²) in [5, 5.41) is 0.402. The first-order valence-corrected chi connectivity index (χ1v) is 9.07. The van der Waals surface area contributed by atoms with Gasteiger partial charge in [0.15, 0.2) is 12.0 Å². The second-order valence-electron chi connectivity index (χ2n) is 6.88. The van der Waals surface area contributed by atoms with Crippen LogP contribution in [-0.4, -0.2) is 29.9 Å². The minimum Gasteiger partial charge on any atom is -0.450 e. The maximum atomic E-state index is 12.4. The fourth-order valence-corrected chi connectivity index (χ4v) is 3.37. The number of ether oxygens (including phenoxy) is 1. The van der Waals surface area contributed by atoms with Crippen LogP contribution in [-0.2, 0) is 22.5 Å². The van der Waals surface area contributed by atoms with Gasteiger partial charge in [-0.2, -0.15) is 0 Å². The lowest BCUT2D eigenvalue weighted by atomic mass is 10.00. The van der Waals surface area contributed by atoms with Crippen molar-refractivity contribution in [2.24, 2.45) is 0 Å². The van der Waals surface area contributed by atoms with E-state index in [2.05, 4.69) is 6.07 Å². The zero-order valence-corrected chi connectivity index (χ0v) is 15.4. The van der Waals surface area contributed by atoms with Crippen LogP contribution in [0.4, 0.5) is 0 Å². The van der Waals surface area contributed by atoms with Crippen LogP contribution >= 0.6 is 0 Å². The second kappa shape index (κ2) is 7.31. The molecular weight excluding hydrogens is 358 g/mol. The van der Waals surface area contributed by atoms with E-state index in [1.165, 1.54) is 5.56 Å². The van der Waals surface area contributed by atoms with E-state index in [1.807, 2.05) is 25.1 Å². The van der Waals surface area contributed by atoms with Gasteiger partial charge < -0.3 is 14.1 Å². The molecule has 142 valence electrons. The predicted octanol–water partition coefficient (Wildman–Crippen LogP) is 2.84. The van der Waals surface area contributed by atoms with Gasteiger partial charge in [-0.1, -0.05) is 35.9 Å². The van der Waals surface area contributed by atoms with Crippen LogP contribution in [0.25, 0.3) is 11.0 Å². The number of carbonyl (C=O) groups excluding carboxylic acids is 2. The molecule has 6 heteroatoms. The maximum absolute atomic E-state index is 12.4. The third-order valence-corrected chi connectivity index (χ3v) is 4.89. The van der Waals surface area contributed by atoms with Crippen LogP contribution in [0.3, 0.4) is 0 Å². The molecule has 3 aromatic rings. The first kappa shape index (κ1) is 18.0. The molecule has 0 spiro atoms. The Labute approximate surface area is 161 Å². The lowest BCUT2D eigenvalue weighted by Gasteiger charge is -2.28. The zero-order valence-electron chi connectivity index (χ0n) is 15.4. The number of carbonyl (C=O) groups is 2. The molecule has 1 amide bonds. The predicted molar refractivity (Wildman–Crippen MR) is 103 cm³/mol. The van der Waals surface area contributed by atoms with E-state index in [4.69, 9.17) is 9.15 Å². The van der Waals surface area contributed by atoms with Crippen LogP contribution in [0.1, 0.15) is 27.2 Å². The number of fused-ring (bicyclic) bond motifs is 2. The fraction of sp³-hybridized carbons (Fsp3) is 0.227. The highest BCUT2D eigenvalue weighted by atomic mass is 16.5. The van der Waals surface area contributed by atoms with Crippen molar-refractivity contribution < 1.29 is 18.7 Å². The fourth-order valence-electron chi connectivity index (χ4n) is 3.37. The summed E-state index contributed by atoms with van der Waals surface area (Å²) in [5.74, 6) is -1.31. The van der Waals surface area contributed by atoms with E-state index >= 15 is 0 Å². The van der Waals surface area contributed by atoms with Crippen molar-refractivity contribution >= 4 is 22.8 Å². The number of esters is 1. The van der Waals surface area contributed by atoms with E-state index in [-0.39, 0.29) is 17.1 Å². The molecule has 0 saturated heterocycles. The Morgan fingerprint density at radius 2 is 1.89 bits per heavy atom. The van der Waals surface area contributed by atoms with Gasteiger partial charge in [-0.25, -0.2) is 4.79 Å². The van der Waals surface area contributed by atoms with Crippen molar-refractivity contribution in [1.82, 2.24) is 4.90 Å². The molecular formula is C22H19NO5. The van der Waals surface area contributed by atoms with E-state index in [0.717, 1.165) is 23.6 Å². The molecule has 0 saturated carbocycles. The first-order valence-electron chi connectivity index (χ1n) is 9.07. The molecule has 0 radical (unpaired) electrons. The highest BCUT2D eigenvalue weighted by molar-refractivity contribution is 5.90. The van der Waals surface area contributed by atoms with Crippen molar-refractivity contribution in [2.75, 3.05) is 13.2 Å². The quantitative estimate of drug-likeness (QED) is 0.656. The van der Waals surface area contributed by atoms with Crippen LogP contribution in [0.15, 0.2) is 57.7 Å². The summed E-state index contributed by atoms with van der Waals surface area (Å²) in [5.41, 5.74) is 3.24. The summed E-state index contributed by atoms with van der Waals surface area (Å²) in [6.07, 6.45) is 0.773. The Balaban J connectivity index is 1.43. The third-order valence-electron chi connectivity index (χ3n) is 4.89. The number of aryl methyl sites for hydroxylation is 1. The van der Waals surface area contributed by atoms with Crippen LogP contribution in [0, 0.1) is 6.92 Å². The van der Waals surface area contributed by atoms with E-state index in [9.17, 15) is 14.4 Å². The Kier molecular flexibility index (Phi) is 4.69. The number of nitrogens with zero attached hydrogens (tertiary/aromatic N) is 1. The van der Waals surface area contributed by atoms with Gasteiger partial charge >= 0.3 is 5.97 Å². The smallest absolute Gasteiger partial charge is 0.374 e. The largest absolute Gasteiger partial charge is 0.450 e. The Hall–Kier alpha value is -3.41. The van der Waals surface area contributed by atoms with Gasteiger partial charge in [-0.15, -0.1) is 0 Å². The molecule has 28 heavy (non-hydrogen) atoms. The molecule has 2 heterocycles. The van der Waals surface area contributed by atoms with Gasteiger partial charge in [0.2, 0.25) is 5.76 Å². The third kappa shape index (κ3) is 3.53. The average molecular weight is 377 g/mol. The van der Waals surface area contributed by atoms with Gasteiger partial charge in [-0.3, -0.25) is 9.59 Å². The first-order chi connectivity index (χ1) is 13.5. The monoisotopic (exact) mass is 377 g/mol. The van der Waals surface area contributed by atoms with Crippen LogP contribution < -0.4 is 5.43 Å². The summed E-state index contributed by atoms with van der Waals surface area (Å²) in [4.78, 5) is 38.6. The van der Waals surface area contributed by atoms with Crippen molar-refractivity contribution in [1.29, 1.82) is 0 Å². The Bertz CT molecular complexity index is 1130. The summed E-state index contributed by atoms with van der Waals surface area (Å²) >= 11 is 0. The van der Waals surface area contributed by atoms with Crippen molar-refractivity contribution in [3.8, 4) is 0 Å². The van der Waals surface area contributed by atoms with Crippen LogP contribution in [0.5, 0.6) is 0 Å². The molecule has 0 N–H and O–H groups in total. The molecule has 4 rings (SSSR count). The minimum atomic E-state index is -0.828. The SMILES string of the molecule is Cc1ccc2oc(C(=O)OCC(=O)N3CCc4ccccc4C3)cc(=O)c2c1. The van der Waals surface area contributed by atoms with Crippen molar-refractivity contribution in [3.63, 3.8) is 0 Å². The van der Waals surface area contributed by atoms with E-state index < -0.39 is 12.6 Å². The number of benzene rings is 2. The lowest BCUT2D eigenvalue weighted by molar-refractivity contribution is -0.135. The maximum Gasteiger partial charge on any atom is 0.374 e. The molecule has 1 aliphatic rings. The molecule has 0 bridgehead atoms. The number of amides is 1.